The molecule has 128 valence electrons. The van der Waals surface area contributed by atoms with Crippen molar-refractivity contribution in [3.8, 4) is 0 Å². The molecule has 0 radical (unpaired) electrons. The molecule has 0 fully saturated rings. The number of hydrogen-bond donors (Lipinski definition) is 1. The molecule has 4 heterocycles. The van der Waals surface area contributed by atoms with Crippen molar-refractivity contribution in [2.45, 2.75) is 58.7 Å². The molecule has 0 saturated heterocycles. The Hall–Kier alpha value is -1.95. The third kappa shape index (κ3) is 2.69. The molecular weight excluding hydrogens is 300 g/mol. The van der Waals surface area contributed by atoms with Gasteiger partial charge in [-0.05, 0) is 38.8 Å². The van der Waals surface area contributed by atoms with E-state index in [1.54, 1.807) is 0 Å². The number of nitrogens with zero attached hydrogens (tertiary/aromatic N) is 5. The van der Waals surface area contributed by atoms with E-state index >= 15 is 0 Å². The topological polar surface area (TPSA) is 60.9 Å². The molecule has 6 heteroatoms. The van der Waals surface area contributed by atoms with Gasteiger partial charge in [0.05, 0.1) is 11.4 Å². The lowest BCUT2D eigenvalue weighted by Crippen LogP contribution is -2.39. The molecule has 0 spiro atoms. The van der Waals surface area contributed by atoms with Gasteiger partial charge in [0, 0.05) is 62.1 Å². The van der Waals surface area contributed by atoms with Crippen LogP contribution in [0.2, 0.25) is 0 Å². The van der Waals surface area contributed by atoms with Crippen LogP contribution in [-0.4, -0.2) is 50.5 Å². The minimum absolute atomic E-state index is 0.460. The van der Waals surface area contributed by atoms with Gasteiger partial charge in [-0.15, -0.1) is 5.10 Å². The van der Waals surface area contributed by atoms with Gasteiger partial charge in [0.1, 0.15) is 0 Å². The lowest BCUT2D eigenvalue weighted by Gasteiger charge is -2.31. The molecule has 0 aromatic carbocycles. The predicted octanol–water partition coefficient (Wildman–Crippen LogP) is 1.96. The first-order valence-corrected chi connectivity index (χ1v) is 8.99. The zero-order valence-electron chi connectivity index (χ0n) is 14.8. The summed E-state index contributed by atoms with van der Waals surface area (Å²) in [5.41, 5.74) is 6.42. The number of anilines is 1. The zero-order valence-corrected chi connectivity index (χ0v) is 14.8. The number of aromatic nitrogens is 4. The Labute approximate surface area is 143 Å². The first-order chi connectivity index (χ1) is 11.6. The summed E-state index contributed by atoms with van der Waals surface area (Å²) in [5.74, 6) is 0. The van der Waals surface area contributed by atoms with Crippen molar-refractivity contribution in [1.82, 2.24) is 25.3 Å². The van der Waals surface area contributed by atoms with Crippen LogP contribution < -0.4 is 4.90 Å². The fourth-order valence-electron chi connectivity index (χ4n) is 4.04. The van der Waals surface area contributed by atoms with Gasteiger partial charge in [0.2, 0.25) is 0 Å². The van der Waals surface area contributed by atoms with E-state index in [1.165, 1.54) is 22.6 Å². The van der Waals surface area contributed by atoms with Crippen LogP contribution in [0.1, 0.15) is 43.4 Å². The summed E-state index contributed by atoms with van der Waals surface area (Å²) >= 11 is 0. The van der Waals surface area contributed by atoms with Crippen LogP contribution in [-0.2, 0) is 25.8 Å². The van der Waals surface area contributed by atoms with Gasteiger partial charge in [0.15, 0.2) is 0 Å². The van der Waals surface area contributed by atoms with Gasteiger partial charge in [-0.3, -0.25) is 15.0 Å². The summed E-state index contributed by atoms with van der Waals surface area (Å²) < 4.78 is 0. The van der Waals surface area contributed by atoms with Gasteiger partial charge in [-0.1, -0.05) is 5.21 Å². The van der Waals surface area contributed by atoms with Crippen molar-refractivity contribution in [2.75, 3.05) is 18.0 Å². The number of pyridine rings is 1. The SMILES string of the molecule is CC(Cc1nccc2c1CCN2C(C)C)N1CCc2[nH]nnc2C1. The van der Waals surface area contributed by atoms with E-state index in [1.807, 2.05) is 6.20 Å². The molecule has 1 N–H and O–H groups in total. The van der Waals surface area contributed by atoms with E-state index in [2.05, 4.69) is 52.0 Å². The van der Waals surface area contributed by atoms with E-state index in [9.17, 15) is 0 Å². The van der Waals surface area contributed by atoms with E-state index in [0.717, 1.165) is 44.6 Å². The third-order valence-electron chi connectivity index (χ3n) is 5.47. The molecule has 0 bridgehead atoms. The Morgan fingerprint density at radius 3 is 2.92 bits per heavy atom. The number of hydrogen-bond acceptors (Lipinski definition) is 5. The van der Waals surface area contributed by atoms with Crippen LogP contribution in [0.4, 0.5) is 5.69 Å². The minimum Gasteiger partial charge on any atom is -0.368 e. The van der Waals surface area contributed by atoms with Gasteiger partial charge >= 0.3 is 0 Å². The standard InChI is InChI=1S/C18H26N6/c1-12(2)24-9-5-14-16(19-7-4-18(14)24)10-13(3)23-8-6-15-17(11-23)21-22-20-15/h4,7,12-13H,5-6,8-11H2,1-3H3,(H,20,21,22). The normalized spacial score (nSPS) is 18.8. The van der Waals surface area contributed by atoms with Crippen molar-refractivity contribution in [2.24, 2.45) is 0 Å². The van der Waals surface area contributed by atoms with E-state index in [4.69, 9.17) is 4.98 Å². The molecule has 4 rings (SSSR count). The molecule has 1 atom stereocenters. The molecule has 1 unspecified atom stereocenters. The Balaban J connectivity index is 1.50. The number of rotatable bonds is 4. The molecule has 24 heavy (non-hydrogen) atoms. The lowest BCUT2D eigenvalue weighted by atomic mass is 10.0. The molecular formula is C18H26N6. The lowest BCUT2D eigenvalue weighted by molar-refractivity contribution is 0.185. The molecule has 2 aromatic heterocycles. The Kier molecular flexibility index (Phi) is 4.00. The first-order valence-electron chi connectivity index (χ1n) is 8.99. The van der Waals surface area contributed by atoms with Crippen molar-refractivity contribution in [3.63, 3.8) is 0 Å². The summed E-state index contributed by atoms with van der Waals surface area (Å²) in [6.45, 7) is 9.90. The number of H-pyrrole nitrogens is 1. The zero-order chi connectivity index (χ0) is 16.7. The van der Waals surface area contributed by atoms with Crippen LogP contribution in [0.3, 0.4) is 0 Å². The minimum atomic E-state index is 0.460. The van der Waals surface area contributed by atoms with Crippen LogP contribution in [0.5, 0.6) is 0 Å². The molecule has 2 aliphatic rings. The van der Waals surface area contributed by atoms with Crippen LogP contribution in [0.15, 0.2) is 12.3 Å². The quantitative estimate of drug-likeness (QED) is 0.931. The van der Waals surface area contributed by atoms with E-state index in [-0.39, 0.29) is 0 Å². The summed E-state index contributed by atoms with van der Waals surface area (Å²) in [7, 11) is 0. The number of aromatic amines is 1. The maximum absolute atomic E-state index is 4.73. The third-order valence-corrected chi connectivity index (χ3v) is 5.47. The van der Waals surface area contributed by atoms with Gasteiger partial charge in [-0.25, -0.2) is 0 Å². The van der Waals surface area contributed by atoms with Crippen molar-refractivity contribution < 1.29 is 0 Å². The second kappa shape index (κ2) is 6.16. The van der Waals surface area contributed by atoms with E-state index < -0.39 is 0 Å². The highest BCUT2D eigenvalue weighted by atomic mass is 15.3. The molecule has 0 aliphatic carbocycles. The Morgan fingerprint density at radius 2 is 2.08 bits per heavy atom. The Morgan fingerprint density at radius 1 is 1.21 bits per heavy atom. The van der Waals surface area contributed by atoms with Gasteiger partial charge < -0.3 is 4.90 Å². The summed E-state index contributed by atoms with van der Waals surface area (Å²) in [6, 6.07) is 3.19. The fraction of sp³-hybridized carbons (Fsp3) is 0.611. The largest absolute Gasteiger partial charge is 0.368 e. The van der Waals surface area contributed by atoms with Crippen LogP contribution in [0, 0.1) is 0 Å². The monoisotopic (exact) mass is 326 g/mol. The molecule has 0 amide bonds. The van der Waals surface area contributed by atoms with Crippen LogP contribution in [0.25, 0.3) is 0 Å². The molecule has 2 aliphatic heterocycles. The number of nitrogens with one attached hydrogen (secondary N) is 1. The molecule has 0 saturated carbocycles. The van der Waals surface area contributed by atoms with Gasteiger partial charge in [-0.2, -0.15) is 0 Å². The maximum atomic E-state index is 4.73. The molecule has 2 aromatic rings. The molecule has 6 nitrogen and oxygen atoms in total. The van der Waals surface area contributed by atoms with E-state index in [0.29, 0.717) is 12.1 Å². The summed E-state index contributed by atoms with van der Waals surface area (Å²) in [6.07, 6.45) is 5.11. The highest BCUT2D eigenvalue weighted by molar-refractivity contribution is 5.59. The van der Waals surface area contributed by atoms with Crippen molar-refractivity contribution >= 4 is 5.69 Å². The average molecular weight is 326 g/mol. The maximum Gasteiger partial charge on any atom is 0.0997 e. The second-order valence-electron chi connectivity index (χ2n) is 7.30. The predicted molar refractivity (Wildman–Crippen MR) is 94.1 cm³/mol. The van der Waals surface area contributed by atoms with Crippen molar-refractivity contribution in [3.05, 3.63) is 34.9 Å². The number of fused-ring (bicyclic) bond motifs is 2. The first kappa shape index (κ1) is 15.6. The smallest absolute Gasteiger partial charge is 0.0997 e. The summed E-state index contributed by atoms with van der Waals surface area (Å²) in [4.78, 5) is 9.72. The average Bonchev–Trinajstić information content (AvgIpc) is 3.21. The Bertz CT molecular complexity index is 722. The van der Waals surface area contributed by atoms with Crippen LogP contribution >= 0.6 is 0 Å². The second-order valence-corrected chi connectivity index (χ2v) is 7.30. The highest BCUT2D eigenvalue weighted by Gasteiger charge is 2.27. The van der Waals surface area contributed by atoms with Gasteiger partial charge in [0.25, 0.3) is 0 Å². The summed E-state index contributed by atoms with van der Waals surface area (Å²) in [5, 5.41) is 11.2. The highest BCUT2D eigenvalue weighted by Crippen LogP contribution is 2.32. The fourth-order valence-corrected chi connectivity index (χ4v) is 4.04. The van der Waals surface area contributed by atoms with Crippen molar-refractivity contribution in [1.29, 1.82) is 0 Å².